The maximum atomic E-state index is 13.5. The predicted octanol–water partition coefficient (Wildman–Crippen LogP) is 5.35. The van der Waals surface area contributed by atoms with E-state index in [1.807, 2.05) is 32.9 Å². The largest absolute Gasteiger partial charge is 0.462 e. The zero-order chi connectivity index (χ0) is 23.6. The zero-order valence-electron chi connectivity index (χ0n) is 18.7. The Morgan fingerprint density at radius 2 is 2.00 bits per heavy atom. The molecule has 0 aliphatic rings. The molecule has 0 spiro atoms. The molecule has 0 N–H and O–H groups in total. The predicted molar refractivity (Wildman–Crippen MR) is 130 cm³/mol. The molecule has 6 nitrogen and oxygen atoms in total. The highest BCUT2D eigenvalue weighted by atomic mass is 35.5. The number of carbonyl (C=O) groups excluding carboxylic acids is 2. The van der Waals surface area contributed by atoms with Crippen LogP contribution in [0.25, 0.3) is 10.2 Å². The average molecular weight is 493 g/mol. The summed E-state index contributed by atoms with van der Waals surface area (Å²) in [7, 11) is 0. The number of carbonyl (C=O) groups is 2. The second kappa shape index (κ2) is 9.77. The Labute approximate surface area is 199 Å². The zero-order valence-corrected chi connectivity index (χ0v) is 21.0. The van der Waals surface area contributed by atoms with Gasteiger partial charge in [0.05, 0.1) is 24.3 Å². The van der Waals surface area contributed by atoms with E-state index in [-0.39, 0.29) is 30.2 Å². The molecule has 0 radical (unpaired) electrons. The molecule has 3 aromatic rings. The number of benzene rings is 1. The molecule has 0 saturated carbocycles. The molecule has 3 rings (SSSR count). The highest BCUT2D eigenvalue weighted by Gasteiger charge is 2.25. The molecule has 1 aromatic carbocycles. The standard InChI is InChI=1S/C23H25ClN2O4S2/c1-6-30-21(29)18-13(2)17-19(32-18)25-22(31-12-16(27)23(3,4)5)26(20(17)28)11-14-8-7-9-15(24)10-14/h7-10H,6,11-12H2,1-5H3. The SMILES string of the molecule is CCOC(=O)c1sc2nc(SCC(=O)C(C)(C)C)n(Cc3cccc(Cl)c3)c(=O)c2c1C. The van der Waals surface area contributed by atoms with E-state index in [0.717, 1.165) is 16.9 Å². The topological polar surface area (TPSA) is 78.3 Å². The van der Waals surface area contributed by atoms with Gasteiger partial charge >= 0.3 is 5.97 Å². The number of thioether (sulfide) groups is 1. The summed E-state index contributed by atoms with van der Waals surface area (Å²) in [6, 6.07) is 7.25. The van der Waals surface area contributed by atoms with Crippen LogP contribution < -0.4 is 5.56 Å². The van der Waals surface area contributed by atoms with Gasteiger partial charge < -0.3 is 4.74 Å². The normalized spacial score (nSPS) is 11.7. The van der Waals surface area contributed by atoms with E-state index in [1.54, 1.807) is 30.5 Å². The number of ketones is 1. The molecule has 0 aliphatic heterocycles. The number of fused-ring (bicyclic) bond motifs is 1. The lowest BCUT2D eigenvalue weighted by Crippen LogP contribution is -2.26. The van der Waals surface area contributed by atoms with E-state index in [4.69, 9.17) is 16.3 Å². The van der Waals surface area contributed by atoms with E-state index >= 15 is 0 Å². The molecule has 0 amide bonds. The van der Waals surface area contributed by atoms with E-state index in [0.29, 0.717) is 30.8 Å². The first-order valence-corrected chi connectivity index (χ1v) is 12.3. The van der Waals surface area contributed by atoms with Gasteiger partial charge in [0.25, 0.3) is 5.56 Å². The lowest BCUT2D eigenvalue weighted by molar-refractivity contribution is -0.123. The minimum absolute atomic E-state index is 0.0562. The highest BCUT2D eigenvalue weighted by molar-refractivity contribution is 7.99. The number of rotatable bonds is 7. The number of hydrogen-bond acceptors (Lipinski definition) is 7. The van der Waals surface area contributed by atoms with Gasteiger partial charge in [0, 0.05) is 10.4 Å². The lowest BCUT2D eigenvalue weighted by Gasteiger charge is -2.17. The first-order chi connectivity index (χ1) is 15.0. The fraction of sp³-hybridized carbons (Fsp3) is 0.391. The third-order valence-electron chi connectivity index (χ3n) is 4.87. The molecular weight excluding hydrogens is 468 g/mol. The van der Waals surface area contributed by atoms with Crippen molar-refractivity contribution in [1.29, 1.82) is 0 Å². The molecular formula is C23H25ClN2O4S2. The van der Waals surface area contributed by atoms with Gasteiger partial charge in [0.15, 0.2) is 5.16 Å². The molecule has 170 valence electrons. The molecule has 2 heterocycles. The van der Waals surface area contributed by atoms with E-state index in [9.17, 15) is 14.4 Å². The summed E-state index contributed by atoms with van der Waals surface area (Å²) >= 11 is 8.50. The second-order valence-corrected chi connectivity index (χ2v) is 10.7. The molecule has 2 aromatic heterocycles. The molecule has 0 bridgehead atoms. The smallest absolute Gasteiger partial charge is 0.348 e. The second-order valence-electron chi connectivity index (χ2n) is 8.33. The van der Waals surface area contributed by atoms with Gasteiger partial charge in [-0.1, -0.05) is 56.3 Å². The lowest BCUT2D eigenvalue weighted by atomic mass is 9.92. The minimum Gasteiger partial charge on any atom is -0.462 e. The van der Waals surface area contributed by atoms with Crippen molar-refractivity contribution in [2.45, 2.75) is 46.3 Å². The van der Waals surface area contributed by atoms with Crippen LogP contribution >= 0.6 is 34.7 Å². The fourth-order valence-corrected chi connectivity index (χ4v) is 5.49. The van der Waals surface area contributed by atoms with Crippen molar-refractivity contribution in [2.24, 2.45) is 5.41 Å². The van der Waals surface area contributed by atoms with Gasteiger partial charge in [0.1, 0.15) is 15.5 Å². The number of aromatic nitrogens is 2. The third-order valence-corrected chi connectivity index (χ3v) is 7.25. The van der Waals surface area contributed by atoms with Crippen LogP contribution in [0.5, 0.6) is 0 Å². The van der Waals surface area contributed by atoms with Gasteiger partial charge in [-0.15, -0.1) is 11.3 Å². The average Bonchev–Trinajstić information content (AvgIpc) is 3.04. The Morgan fingerprint density at radius 3 is 2.62 bits per heavy atom. The van der Waals surface area contributed by atoms with Crippen LogP contribution in [0.15, 0.2) is 34.2 Å². The van der Waals surface area contributed by atoms with Crippen molar-refractivity contribution in [1.82, 2.24) is 9.55 Å². The summed E-state index contributed by atoms with van der Waals surface area (Å²) in [4.78, 5) is 43.9. The maximum absolute atomic E-state index is 13.5. The van der Waals surface area contributed by atoms with Crippen LogP contribution in [0, 0.1) is 12.3 Å². The minimum atomic E-state index is -0.494. The quantitative estimate of drug-likeness (QED) is 0.251. The summed E-state index contributed by atoms with van der Waals surface area (Å²) in [5, 5.41) is 1.39. The van der Waals surface area contributed by atoms with Crippen molar-refractivity contribution in [3.63, 3.8) is 0 Å². The Hall–Kier alpha value is -2.16. The molecule has 0 atom stereocenters. The Balaban J connectivity index is 2.13. The van der Waals surface area contributed by atoms with Gasteiger partial charge in [-0.25, -0.2) is 9.78 Å². The Morgan fingerprint density at radius 1 is 1.28 bits per heavy atom. The van der Waals surface area contributed by atoms with Crippen LogP contribution in [0.4, 0.5) is 0 Å². The number of halogens is 1. The third kappa shape index (κ3) is 5.24. The maximum Gasteiger partial charge on any atom is 0.348 e. The van der Waals surface area contributed by atoms with Crippen LogP contribution in [-0.4, -0.2) is 33.7 Å². The first-order valence-electron chi connectivity index (χ1n) is 10.1. The van der Waals surface area contributed by atoms with Crippen LogP contribution in [0.2, 0.25) is 5.02 Å². The Bertz CT molecular complexity index is 1240. The number of nitrogens with zero attached hydrogens (tertiary/aromatic N) is 2. The molecule has 0 saturated heterocycles. The van der Waals surface area contributed by atoms with Gasteiger partial charge in [-0.3, -0.25) is 14.2 Å². The number of thiophene rings is 1. The van der Waals surface area contributed by atoms with Crippen molar-refractivity contribution < 1.29 is 14.3 Å². The summed E-state index contributed by atoms with van der Waals surface area (Å²) in [5.74, 6) is -0.224. The molecule has 0 fully saturated rings. The summed E-state index contributed by atoms with van der Waals surface area (Å²) in [5.41, 5.74) is 0.641. The fourth-order valence-electron chi connectivity index (χ4n) is 3.00. The number of aryl methyl sites for hydroxylation is 1. The number of esters is 1. The van der Waals surface area contributed by atoms with E-state index < -0.39 is 11.4 Å². The van der Waals surface area contributed by atoms with Gasteiger partial charge in [-0.05, 0) is 37.1 Å². The van der Waals surface area contributed by atoms with Crippen molar-refractivity contribution in [3.05, 3.63) is 55.6 Å². The van der Waals surface area contributed by atoms with E-state index in [2.05, 4.69) is 4.98 Å². The van der Waals surface area contributed by atoms with E-state index in [1.165, 1.54) is 11.8 Å². The van der Waals surface area contributed by atoms with Crippen molar-refractivity contribution in [2.75, 3.05) is 12.4 Å². The molecule has 9 heteroatoms. The summed E-state index contributed by atoms with van der Waals surface area (Å²) in [6.45, 7) is 9.54. The van der Waals surface area contributed by atoms with Crippen LogP contribution in [0.3, 0.4) is 0 Å². The summed E-state index contributed by atoms with van der Waals surface area (Å²) in [6.07, 6.45) is 0. The number of Topliss-reactive ketones (excluding diaryl/α,β-unsaturated/α-hetero) is 1. The highest BCUT2D eigenvalue weighted by Crippen LogP contribution is 2.31. The van der Waals surface area contributed by atoms with Gasteiger partial charge in [-0.2, -0.15) is 0 Å². The summed E-state index contributed by atoms with van der Waals surface area (Å²) < 4.78 is 6.68. The molecule has 0 aliphatic carbocycles. The van der Waals surface area contributed by atoms with Crippen LogP contribution in [-0.2, 0) is 16.1 Å². The first kappa shape index (κ1) is 24.5. The number of hydrogen-bond donors (Lipinski definition) is 0. The van der Waals surface area contributed by atoms with Crippen LogP contribution in [0.1, 0.15) is 48.5 Å². The monoisotopic (exact) mass is 492 g/mol. The molecule has 0 unspecified atom stereocenters. The molecule has 32 heavy (non-hydrogen) atoms. The Kier molecular flexibility index (Phi) is 7.47. The van der Waals surface area contributed by atoms with Crippen molar-refractivity contribution in [3.8, 4) is 0 Å². The van der Waals surface area contributed by atoms with Gasteiger partial charge in [0.2, 0.25) is 0 Å². The number of ether oxygens (including phenoxy) is 1. The van der Waals surface area contributed by atoms with Crippen molar-refractivity contribution >= 4 is 56.7 Å².